The molecule has 0 fully saturated rings. The number of benzene rings is 3. The molecule has 0 amide bonds. The molecule has 2 aromatic heterocycles. The molecule has 0 aliphatic heterocycles. The van der Waals surface area contributed by atoms with Gasteiger partial charge in [-0.05, 0) is 30.2 Å². The lowest BCUT2D eigenvalue weighted by Crippen LogP contribution is -1.87. The van der Waals surface area contributed by atoms with Crippen molar-refractivity contribution in [1.82, 2.24) is 4.98 Å². The minimum absolute atomic E-state index is 1.08. The topological polar surface area (TPSA) is 12.9 Å². The van der Waals surface area contributed by atoms with E-state index in [1.54, 1.807) is 11.3 Å². The van der Waals surface area contributed by atoms with Crippen molar-refractivity contribution in [2.24, 2.45) is 0 Å². The second-order valence-electron chi connectivity index (χ2n) is 6.15. The molecule has 5 rings (SSSR count). The first-order valence-corrected chi connectivity index (χ1v) is 8.90. The molecule has 0 aliphatic carbocycles. The van der Waals surface area contributed by atoms with Crippen LogP contribution >= 0.6 is 11.3 Å². The van der Waals surface area contributed by atoms with E-state index in [1.807, 2.05) is 0 Å². The maximum absolute atomic E-state index is 4.98. The third kappa shape index (κ3) is 1.97. The van der Waals surface area contributed by atoms with Gasteiger partial charge in [-0.25, -0.2) is 4.98 Å². The zero-order valence-electron chi connectivity index (χ0n) is 13.3. The fourth-order valence-corrected chi connectivity index (χ4v) is 4.54. The van der Waals surface area contributed by atoms with Crippen molar-refractivity contribution in [2.75, 3.05) is 0 Å². The van der Waals surface area contributed by atoms with E-state index >= 15 is 0 Å². The Morgan fingerprint density at radius 2 is 1.58 bits per heavy atom. The average molecular weight is 325 g/mol. The molecule has 0 spiro atoms. The quantitative estimate of drug-likeness (QED) is 0.339. The van der Waals surface area contributed by atoms with Crippen molar-refractivity contribution < 1.29 is 0 Å². The van der Waals surface area contributed by atoms with Gasteiger partial charge >= 0.3 is 0 Å². The maximum atomic E-state index is 4.98. The van der Waals surface area contributed by atoms with Gasteiger partial charge in [-0.2, -0.15) is 0 Å². The van der Waals surface area contributed by atoms with Crippen molar-refractivity contribution in [1.29, 1.82) is 0 Å². The summed E-state index contributed by atoms with van der Waals surface area (Å²) in [6.45, 7) is 2.12. The Morgan fingerprint density at radius 3 is 2.46 bits per heavy atom. The van der Waals surface area contributed by atoms with E-state index in [0.717, 1.165) is 10.3 Å². The second-order valence-corrected chi connectivity index (χ2v) is 7.18. The van der Waals surface area contributed by atoms with Gasteiger partial charge in [0, 0.05) is 26.4 Å². The van der Waals surface area contributed by atoms with Crippen molar-refractivity contribution in [3.8, 4) is 11.1 Å². The lowest BCUT2D eigenvalue weighted by Gasteiger charge is -2.10. The molecule has 24 heavy (non-hydrogen) atoms. The number of pyridine rings is 1. The Labute approximate surface area is 144 Å². The molecular weight excluding hydrogens is 310 g/mol. The molecule has 0 saturated carbocycles. The van der Waals surface area contributed by atoms with Crippen LogP contribution < -0.4 is 0 Å². The zero-order chi connectivity index (χ0) is 16.1. The predicted molar refractivity (Wildman–Crippen MR) is 105 cm³/mol. The summed E-state index contributed by atoms with van der Waals surface area (Å²) in [4.78, 5) is 6.10. The van der Waals surface area contributed by atoms with Gasteiger partial charge in [0.15, 0.2) is 0 Å². The Morgan fingerprint density at radius 1 is 0.792 bits per heavy atom. The van der Waals surface area contributed by atoms with Crippen molar-refractivity contribution in [3.05, 3.63) is 78.4 Å². The highest BCUT2D eigenvalue weighted by Gasteiger charge is 2.15. The molecule has 0 atom stereocenters. The van der Waals surface area contributed by atoms with Gasteiger partial charge in [-0.3, -0.25) is 0 Å². The Bertz CT molecular complexity index is 1200. The Hall–Kier alpha value is -2.71. The van der Waals surface area contributed by atoms with Crippen LogP contribution in [0.15, 0.2) is 72.8 Å². The zero-order valence-corrected chi connectivity index (χ0v) is 14.1. The molecule has 114 valence electrons. The van der Waals surface area contributed by atoms with E-state index in [0.29, 0.717) is 0 Å². The van der Waals surface area contributed by atoms with Crippen LogP contribution in [0.3, 0.4) is 0 Å². The van der Waals surface area contributed by atoms with Gasteiger partial charge in [0.05, 0.1) is 5.52 Å². The second kappa shape index (κ2) is 5.15. The smallest absolute Gasteiger partial charge is 0.125 e. The summed E-state index contributed by atoms with van der Waals surface area (Å²) in [5, 5.41) is 3.80. The summed E-state index contributed by atoms with van der Waals surface area (Å²) >= 11 is 1.78. The van der Waals surface area contributed by atoms with Gasteiger partial charge in [0.2, 0.25) is 0 Å². The molecule has 0 bridgehead atoms. The molecule has 0 saturated heterocycles. The van der Waals surface area contributed by atoms with E-state index < -0.39 is 0 Å². The minimum Gasteiger partial charge on any atom is -0.237 e. The van der Waals surface area contributed by atoms with Crippen molar-refractivity contribution >= 4 is 42.5 Å². The molecule has 0 N–H and O–H groups in total. The van der Waals surface area contributed by atoms with Crippen LogP contribution in [0.4, 0.5) is 0 Å². The first kappa shape index (κ1) is 13.7. The van der Waals surface area contributed by atoms with Crippen LogP contribution in [0, 0.1) is 6.92 Å². The molecule has 3 aromatic carbocycles. The Kier molecular flexibility index (Phi) is 2.94. The van der Waals surface area contributed by atoms with E-state index in [4.69, 9.17) is 4.98 Å². The van der Waals surface area contributed by atoms with E-state index in [2.05, 4.69) is 79.7 Å². The predicted octanol–water partition coefficient (Wildman–Crippen LogP) is 6.58. The van der Waals surface area contributed by atoms with E-state index in [-0.39, 0.29) is 0 Å². The summed E-state index contributed by atoms with van der Waals surface area (Å²) in [6, 6.07) is 25.9. The van der Waals surface area contributed by atoms with Crippen LogP contribution in [0.2, 0.25) is 0 Å². The molecule has 1 nitrogen and oxygen atoms in total. The first-order chi connectivity index (χ1) is 11.8. The minimum atomic E-state index is 1.08. The van der Waals surface area contributed by atoms with E-state index in [1.165, 1.54) is 37.5 Å². The highest BCUT2D eigenvalue weighted by atomic mass is 32.1. The lowest BCUT2D eigenvalue weighted by atomic mass is 9.96. The number of rotatable bonds is 1. The molecule has 2 heterocycles. The number of thiophene rings is 1. The van der Waals surface area contributed by atoms with Crippen LogP contribution in [-0.2, 0) is 0 Å². The number of aryl methyl sites for hydroxylation is 1. The highest BCUT2D eigenvalue weighted by molar-refractivity contribution is 7.25. The number of nitrogens with zero attached hydrogens (tertiary/aromatic N) is 1. The largest absolute Gasteiger partial charge is 0.237 e. The molecular formula is C22H15NS. The molecule has 0 radical (unpaired) electrons. The van der Waals surface area contributed by atoms with Gasteiger partial charge in [-0.15, -0.1) is 11.3 Å². The monoisotopic (exact) mass is 325 g/mol. The number of hydrogen-bond donors (Lipinski definition) is 0. The van der Waals surface area contributed by atoms with E-state index in [9.17, 15) is 0 Å². The number of hydrogen-bond acceptors (Lipinski definition) is 2. The standard InChI is InChI=1S/C22H15NS/c1-14-11-12-16-18(13-14)23-22-21(17-9-5-6-10-19(17)24-22)20(16)15-7-3-2-4-8-15/h2-13H,1H3. The fraction of sp³-hybridized carbons (Fsp3) is 0.0455. The third-order valence-electron chi connectivity index (χ3n) is 4.53. The third-order valence-corrected chi connectivity index (χ3v) is 5.60. The van der Waals surface area contributed by atoms with Crippen LogP contribution in [0.25, 0.3) is 42.3 Å². The summed E-state index contributed by atoms with van der Waals surface area (Å²) in [6.07, 6.45) is 0. The average Bonchev–Trinajstić information content (AvgIpc) is 2.98. The van der Waals surface area contributed by atoms with Crippen molar-refractivity contribution in [2.45, 2.75) is 6.92 Å². The lowest BCUT2D eigenvalue weighted by molar-refractivity contribution is 1.46. The van der Waals surface area contributed by atoms with Gasteiger partial charge in [0.1, 0.15) is 4.83 Å². The molecule has 5 aromatic rings. The maximum Gasteiger partial charge on any atom is 0.125 e. The van der Waals surface area contributed by atoms with Crippen LogP contribution in [0.1, 0.15) is 5.56 Å². The number of aromatic nitrogens is 1. The van der Waals surface area contributed by atoms with Gasteiger partial charge in [0.25, 0.3) is 0 Å². The summed E-state index contributed by atoms with van der Waals surface area (Å²) in [5.74, 6) is 0. The molecule has 0 unspecified atom stereocenters. The van der Waals surface area contributed by atoms with Crippen LogP contribution in [-0.4, -0.2) is 4.98 Å². The van der Waals surface area contributed by atoms with Gasteiger partial charge in [-0.1, -0.05) is 60.7 Å². The van der Waals surface area contributed by atoms with Gasteiger partial charge < -0.3 is 0 Å². The Balaban J connectivity index is 2.07. The molecule has 0 aliphatic rings. The van der Waals surface area contributed by atoms with Crippen LogP contribution in [0.5, 0.6) is 0 Å². The summed E-state index contributed by atoms with van der Waals surface area (Å²) in [7, 11) is 0. The summed E-state index contributed by atoms with van der Waals surface area (Å²) in [5.41, 5.74) is 4.87. The molecule has 2 heteroatoms. The summed E-state index contributed by atoms with van der Waals surface area (Å²) < 4.78 is 1.30. The first-order valence-electron chi connectivity index (χ1n) is 8.08. The SMILES string of the molecule is Cc1ccc2c(-c3ccccc3)c3c(nc2c1)sc1ccccc13. The normalized spacial score (nSPS) is 11.5. The van der Waals surface area contributed by atoms with Crippen molar-refractivity contribution in [3.63, 3.8) is 0 Å². The fourth-order valence-electron chi connectivity index (χ4n) is 3.45. The highest BCUT2D eigenvalue weighted by Crippen LogP contribution is 2.42. The number of fused-ring (bicyclic) bond motifs is 4.